The molecule has 0 radical (unpaired) electrons. The fourth-order valence-electron chi connectivity index (χ4n) is 2.83. The second-order valence-corrected chi connectivity index (χ2v) is 6.87. The van der Waals surface area contributed by atoms with Crippen LogP contribution in [-0.4, -0.2) is 17.5 Å². The molecule has 3 rings (SSSR count). The number of nitrogens with zero attached hydrogens (tertiary/aromatic N) is 1. The Hall–Kier alpha value is -3.18. The summed E-state index contributed by atoms with van der Waals surface area (Å²) in [4.78, 5) is 24.3. The standard InChI is InChI=1S/C22H20ClN3O2/c1-15(13-21(27)24-19-11-9-18(23)10-12-19)25-26-22(28)14-17-7-4-6-16-5-2-3-8-20(16)17/h2-12H,13-14H2,1H3,(H,24,27)(H,26,28)/b25-15-. The fourth-order valence-corrected chi connectivity index (χ4v) is 2.95. The zero-order chi connectivity index (χ0) is 19.9. The van der Waals surface area contributed by atoms with Crippen molar-refractivity contribution >= 4 is 45.6 Å². The van der Waals surface area contributed by atoms with E-state index in [0.717, 1.165) is 16.3 Å². The van der Waals surface area contributed by atoms with Crippen molar-refractivity contribution in [1.82, 2.24) is 5.43 Å². The number of rotatable bonds is 6. The minimum absolute atomic E-state index is 0.0805. The summed E-state index contributed by atoms with van der Waals surface area (Å²) < 4.78 is 0. The lowest BCUT2D eigenvalue weighted by molar-refractivity contribution is -0.120. The van der Waals surface area contributed by atoms with Gasteiger partial charge in [-0.15, -0.1) is 0 Å². The van der Waals surface area contributed by atoms with Crippen LogP contribution in [0, 0.1) is 0 Å². The van der Waals surface area contributed by atoms with Crippen LogP contribution in [0.3, 0.4) is 0 Å². The summed E-state index contributed by atoms with van der Waals surface area (Å²) in [5.74, 6) is -0.444. The number of benzene rings is 3. The topological polar surface area (TPSA) is 70.6 Å². The number of hydrazone groups is 1. The Morgan fingerprint density at radius 2 is 1.64 bits per heavy atom. The average Bonchev–Trinajstić information content (AvgIpc) is 2.68. The third-order valence-corrected chi connectivity index (χ3v) is 4.40. The molecule has 0 aliphatic heterocycles. The van der Waals surface area contributed by atoms with Crippen molar-refractivity contribution in [2.75, 3.05) is 5.32 Å². The molecule has 0 saturated heterocycles. The van der Waals surface area contributed by atoms with E-state index in [1.54, 1.807) is 31.2 Å². The second-order valence-electron chi connectivity index (χ2n) is 6.43. The maximum Gasteiger partial charge on any atom is 0.244 e. The van der Waals surface area contributed by atoms with E-state index >= 15 is 0 Å². The first kappa shape index (κ1) is 19.6. The lowest BCUT2D eigenvalue weighted by Gasteiger charge is -2.07. The van der Waals surface area contributed by atoms with Gasteiger partial charge in [0, 0.05) is 16.4 Å². The third-order valence-electron chi connectivity index (χ3n) is 4.15. The average molecular weight is 394 g/mol. The molecular weight excluding hydrogens is 374 g/mol. The molecule has 0 heterocycles. The molecule has 0 aliphatic rings. The molecule has 28 heavy (non-hydrogen) atoms. The maximum absolute atomic E-state index is 12.2. The van der Waals surface area contributed by atoms with Crippen LogP contribution < -0.4 is 10.7 Å². The van der Waals surface area contributed by atoms with Gasteiger partial charge in [0.1, 0.15) is 0 Å². The molecule has 0 saturated carbocycles. The number of amides is 2. The molecular formula is C22H20ClN3O2. The molecule has 0 spiro atoms. The first-order chi connectivity index (χ1) is 13.5. The number of hydrogen-bond donors (Lipinski definition) is 2. The summed E-state index contributed by atoms with van der Waals surface area (Å²) in [7, 11) is 0. The normalized spacial score (nSPS) is 11.3. The summed E-state index contributed by atoms with van der Waals surface area (Å²) >= 11 is 5.82. The van der Waals surface area contributed by atoms with Crippen LogP contribution in [0.5, 0.6) is 0 Å². The SMILES string of the molecule is C/C(CC(=O)Nc1ccc(Cl)cc1)=N/NC(=O)Cc1cccc2ccccc12. The Kier molecular flexibility index (Phi) is 6.40. The maximum atomic E-state index is 12.2. The first-order valence-corrected chi connectivity index (χ1v) is 9.23. The smallest absolute Gasteiger partial charge is 0.244 e. The summed E-state index contributed by atoms with van der Waals surface area (Å²) in [6.07, 6.45) is 0.298. The summed E-state index contributed by atoms with van der Waals surface area (Å²) in [6.45, 7) is 1.69. The van der Waals surface area contributed by atoms with Crippen LogP contribution in [0.2, 0.25) is 5.02 Å². The van der Waals surface area contributed by atoms with Gasteiger partial charge in [0.2, 0.25) is 11.8 Å². The van der Waals surface area contributed by atoms with E-state index < -0.39 is 0 Å². The van der Waals surface area contributed by atoms with Crippen LogP contribution in [0.4, 0.5) is 5.69 Å². The van der Waals surface area contributed by atoms with Gasteiger partial charge in [-0.1, -0.05) is 54.1 Å². The molecule has 0 aliphatic carbocycles. The highest BCUT2D eigenvalue weighted by Gasteiger charge is 2.08. The molecule has 2 N–H and O–H groups in total. The Labute approximate surface area is 168 Å². The van der Waals surface area contributed by atoms with E-state index in [1.807, 2.05) is 42.5 Å². The molecule has 0 atom stereocenters. The highest BCUT2D eigenvalue weighted by atomic mass is 35.5. The predicted octanol–water partition coefficient (Wildman–Crippen LogP) is 4.56. The van der Waals surface area contributed by atoms with Crippen molar-refractivity contribution in [3.63, 3.8) is 0 Å². The third kappa shape index (κ3) is 5.41. The van der Waals surface area contributed by atoms with Crippen LogP contribution in [0.15, 0.2) is 71.8 Å². The van der Waals surface area contributed by atoms with Crippen LogP contribution in [0.25, 0.3) is 10.8 Å². The summed E-state index contributed by atoms with van der Waals surface area (Å²) in [6, 6.07) is 20.6. The zero-order valence-electron chi connectivity index (χ0n) is 15.4. The van der Waals surface area contributed by atoms with E-state index in [0.29, 0.717) is 16.4 Å². The van der Waals surface area contributed by atoms with Gasteiger partial charge in [0.05, 0.1) is 12.8 Å². The van der Waals surface area contributed by atoms with Gasteiger partial charge in [-0.05, 0) is 47.5 Å². The molecule has 0 bridgehead atoms. The lowest BCUT2D eigenvalue weighted by atomic mass is 10.0. The van der Waals surface area contributed by atoms with Gasteiger partial charge in [0.15, 0.2) is 0 Å². The molecule has 0 unspecified atom stereocenters. The Bertz CT molecular complexity index is 1020. The number of anilines is 1. The molecule has 3 aromatic rings. The zero-order valence-corrected chi connectivity index (χ0v) is 16.2. The second kappa shape index (κ2) is 9.15. The first-order valence-electron chi connectivity index (χ1n) is 8.85. The number of carbonyl (C=O) groups is 2. The summed E-state index contributed by atoms with van der Waals surface area (Å²) in [5.41, 5.74) is 4.62. The van der Waals surface area contributed by atoms with Crippen molar-refractivity contribution in [3.05, 3.63) is 77.3 Å². The van der Waals surface area contributed by atoms with Crippen molar-refractivity contribution in [3.8, 4) is 0 Å². The van der Waals surface area contributed by atoms with Crippen LogP contribution in [-0.2, 0) is 16.0 Å². The molecule has 142 valence electrons. The van der Waals surface area contributed by atoms with Gasteiger partial charge in [-0.25, -0.2) is 5.43 Å². The number of halogens is 1. The van der Waals surface area contributed by atoms with Crippen LogP contribution >= 0.6 is 11.6 Å². The Morgan fingerprint density at radius 3 is 2.43 bits per heavy atom. The van der Waals surface area contributed by atoms with E-state index in [1.165, 1.54) is 0 Å². The van der Waals surface area contributed by atoms with Gasteiger partial charge < -0.3 is 5.32 Å². The van der Waals surface area contributed by atoms with E-state index in [4.69, 9.17) is 11.6 Å². The van der Waals surface area contributed by atoms with E-state index in [9.17, 15) is 9.59 Å². The molecule has 6 heteroatoms. The molecule has 2 amide bonds. The number of hydrogen-bond acceptors (Lipinski definition) is 3. The monoisotopic (exact) mass is 393 g/mol. The molecule has 3 aromatic carbocycles. The lowest BCUT2D eigenvalue weighted by Crippen LogP contribution is -2.23. The summed E-state index contributed by atoms with van der Waals surface area (Å²) in [5, 5.41) is 9.52. The van der Waals surface area contributed by atoms with Gasteiger partial charge in [0.25, 0.3) is 0 Å². The van der Waals surface area contributed by atoms with Crippen molar-refractivity contribution in [2.45, 2.75) is 19.8 Å². The predicted molar refractivity (Wildman–Crippen MR) is 114 cm³/mol. The van der Waals surface area contributed by atoms with E-state index in [-0.39, 0.29) is 24.7 Å². The van der Waals surface area contributed by atoms with Crippen molar-refractivity contribution < 1.29 is 9.59 Å². The largest absolute Gasteiger partial charge is 0.326 e. The Morgan fingerprint density at radius 1 is 0.929 bits per heavy atom. The highest BCUT2D eigenvalue weighted by molar-refractivity contribution is 6.30. The number of carbonyl (C=O) groups excluding carboxylic acids is 2. The number of nitrogens with one attached hydrogen (secondary N) is 2. The van der Waals surface area contributed by atoms with Crippen molar-refractivity contribution in [2.24, 2.45) is 5.10 Å². The van der Waals surface area contributed by atoms with Gasteiger partial charge >= 0.3 is 0 Å². The quantitative estimate of drug-likeness (QED) is 0.476. The fraction of sp³-hybridized carbons (Fsp3) is 0.136. The highest BCUT2D eigenvalue weighted by Crippen LogP contribution is 2.18. The van der Waals surface area contributed by atoms with Crippen molar-refractivity contribution in [1.29, 1.82) is 0 Å². The molecule has 5 nitrogen and oxygen atoms in total. The van der Waals surface area contributed by atoms with Gasteiger partial charge in [-0.2, -0.15) is 5.10 Å². The van der Waals surface area contributed by atoms with E-state index in [2.05, 4.69) is 15.8 Å². The minimum Gasteiger partial charge on any atom is -0.326 e. The minimum atomic E-state index is -0.228. The molecule has 0 aromatic heterocycles. The van der Waals surface area contributed by atoms with Crippen LogP contribution in [0.1, 0.15) is 18.9 Å². The Balaban J connectivity index is 1.54. The van der Waals surface area contributed by atoms with Gasteiger partial charge in [-0.3, -0.25) is 9.59 Å². The molecule has 0 fully saturated rings. The number of fused-ring (bicyclic) bond motifs is 1.